The molecule has 0 bridgehead atoms. The molecule has 0 radical (unpaired) electrons. The molecule has 0 atom stereocenters. The van der Waals surface area contributed by atoms with Crippen LogP contribution in [0.3, 0.4) is 0 Å². The summed E-state index contributed by atoms with van der Waals surface area (Å²) in [7, 11) is 1.57. The summed E-state index contributed by atoms with van der Waals surface area (Å²) in [5.41, 5.74) is 0.974. The average Bonchev–Trinajstić information content (AvgIpc) is 2.28. The van der Waals surface area contributed by atoms with E-state index in [0.717, 1.165) is 10.0 Å². The van der Waals surface area contributed by atoms with Gasteiger partial charge in [-0.25, -0.2) is 0 Å². The molecule has 0 amide bonds. The van der Waals surface area contributed by atoms with Gasteiger partial charge in [0.25, 0.3) is 0 Å². The summed E-state index contributed by atoms with van der Waals surface area (Å²) in [6.45, 7) is 2.67. The van der Waals surface area contributed by atoms with Gasteiger partial charge in [0.15, 0.2) is 18.3 Å². The van der Waals surface area contributed by atoms with Crippen LogP contribution in [-0.2, 0) is 10.6 Å². The van der Waals surface area contributed by atoms with E-state index in [1.165, 1.54) is 0 Å². The zero-order chi connectivity index (χ0) is 12.0. The van der Waals surface area contributed by atoms with Gasteiger partial charge in [-0.05, 0) is 40.5 Å². The van der Waals surface area contributed by atoms with E-state index in [2.05, 4.69) is 15.9 Å². The van der Waals surface area contributed by atoms with E-state index in [9.17, 15) is 0 Å². The van der Waals surface area contributed by atoms with Crippen LogP contribution in [-0.4, -0.2) is 20.5 Å². The Morgan fingerprint density at radius 3 is 2.62 bits per heavy atom. The quantitative estimate of drug-likeness (QED) is 0.594. The third-order valence-corrected chi connectivity index (χ3v) is 2.74. The van der Waals surface area contributed by atoms with E-state index >= 15 is 0 Å². The second kappa shape index (κ2) is 6.99. The predicted molar refractivity (Wildman–Crippen MR) is 67.4 cm³/mol. The van der Waals surface area contributed by atoms with E-state index in [1.807, 2.05) is 19.1 Å². The summed E-state index contributed by atoms with van der Waals surface area (Å²) < 4.78 is 16.6. The fraction of sp³-hybridized carbons (Fsp3) is 0.455. The largest absolute Gasteiger partial charge is 0.490 e. The van der Waals surface area contributed by atoms with E-state index < -0.39 is 0 Å². The second-order valence-electron chi connectivity index (χ2n) is 3.02. The predicted octanol–water partition coefficient (Wildman–Crippen LogP) is 3.57. The monoisotopic (exact) mass is 308 g/mol. The first-order valence-electron chi connectivity index (χ1n) is 4.85. The SMILES string of the molecule is CCOc1cc(CCl)cc(Br)c1OCOC. The Morgan fingerprint density at radius 1 is 1.31 bits per heavy atom. The van der Waals surface area contributed by atoms with E-state index in [4.69, 9.17) is 25.8 Å². The van der Waals surface area contributed by atoms with Crippen molar-refractivity contribution in [2.75, 3.05) is 20.5 Å². The summed E-state index contributed by atoms with van der Waals surface area (Å²) >= 11 is 9.21. The first-order chi connectivity index (χ1) is 7.72. The zero-order valence-corrected chi connectivity index (χ0v) is 11.6. The molecular weight excluding hydrogens is 295 g/mol. The highest BCUT2D eigenvalue weighted by Gasteiger charge is 2.11. The molecule has 0 saturated carbocycles. The molecule has 0 N–H and O–H groups in total. The summed E-state index contributed by atoms with van der Waals surface area (Å²) in [5.74, 6) is 1.74. The van der Waals surface area contributed by atoms with Crippen LogP contribution in [0.2, 0.25) is 0 Å². The van der Waals surface area contributed by atoms with E-state index in [1.54, 1.807) is 7.11 Å². The van der Waals surface area contributed by atoms with Crippen molar-refractivity contribution in [3.8, 4) is 11.5 Å². The van der Waals surface area contributed by atoms with Gasteiger partial charge in [0.1, 0.15) is 0 Å². The number of rotatable bonds is 6. The van der Waals surface area contributed by atoms with Gasteiger partial charge in [0, 0.05) is 13.0 Å². The van der Waals surface area contributed by atoms with Crippen molar-refractivity contribution in [3.05, 3.63) is 22.2 Å². The van der Waals surface area contributed by atoms with Crippen molar-refractivity contribution in [1.82, 2.24) is 0 Å². The van der Waals surface area contributed by atoms with Crippen molar-refractivity contribution in [2.45, 2.75) is 12.8 Å². The van der Waals surface area contributed by atoms with Crippen molar-refractivity contribution in [3.63, 3.8) is 0 Å². The molecule has 16 heavy (non-hydrogen) atoms. The summed E-state index contributed by atoms with van der Waals surface area (Å²) in [6.07, 6.45) is 0. The number of hydrogen-bond donors (Lipinski definition) is 0. The lowest BCUT2D eigenvalue weighted by molar-refractivity contribution is 0.0481. The van der Waals surface area contributed by atoms with Gasteiger partial charge in [0.2, 0.25) is 0 Å². The first-order valence-corrected chi connectivity index (χ1v) is 6.18. The molecule has 5 heteroatoms. The molecule has 0 unspecified atom stereocenters. The maximum atomic E-state index is 5.79. The second-order valence-corrected chi connectivity index (χ2v) is 4.14. The minimum atomic E-state index is 0.179. The van der Waals surface area contributed by atoms with Crippen molar-refractivity contribution in [1.29, 1.82) is 0 Å². The summed E-state index contributed by atoms with van der Waals surface area (Å²) in [5, 5.41) is 0. The number of alkyl halides is 1. The number of ether oxygens (including phenoxy) is 3. The van der Waals surface area contributed by atoms with Crippen LogP contribution in [0.5, 0.6) is 11.5 Å². The third kappa shape index (κ3) is 3.54. The number of benzene rings is 1. The van der Waals surface area contributed by atoms with E-state index in [0.29, 0.717) is 24.0 Å². The molecule has 1 aromatic rings. The Balaban J connectivity index is 3.01. The molecule has 0 heterocycles. The Kier molecular flexibility index (Phi) is 5.95. The highest BCUT2D eigenvalue weighted by molar-refractivity contribution is 9.10. The molecule has 0 fully saturated rings. The summed E-state index contributed by atoms with van der Waals surface area (Å²) in [4.78, 5) is 0. The van der Waals surface area contributed by atoms with Crippen LogP contribution in [0.4, 0.5) is 0 Å². The number of methoxy groups -OCH3 is 1. The molecule has 0 aliphatic heterocycles. The van der Waals surface area contributed by atoms with Crippen LogP contribution in [0.15, 0.2) is 16.6 Å². The van der Waals surface area contributed by atoms with Gasteiger partial charge in [-0.1, -0.05) is 0 Å². The fourth-order valence-electron chi connectivity index (χ4n) is 1.22. The summed E-state index contributed by atoms with van der Waals surface area (Å²) in [6, 6.07) is 3.77. The van der Waals surface area contributed by atoms with Gasteiger partial charge in [-0.2, -0.15) is 0 Å². The Morgan fingerprint density at radius 2 is 2.06 bits per heavy atom. The maximum absolute atomic E-state index is 5.79. The van der Waals surface area contributed by atoms with Gasteiger partial charge >= 0.3 is 0 Å². The minimum Gasteiger partial charge on any atom is -0.490 e. The smallest absolute Gasteiger partial charge is 0.188 e. The molecule has 1 rings (SSSR count). The minimum absolute atomic E-state index is 0.179. The van der Waals surface area contributed by atoms with Gasteiger partial charge in [0.05, 0.1) is 11.1 Å². The lowest BCUT2D eigenvalue weighted by atomic mass is 10.2. The lowest BCUT2D eigenvalue weighted by Crippen LogP contribution is -2.03. The third-order valence-electron chi connectivity index (χ3n) is 1.84. The van der Waals surface area contributed by atoms with E-state index in [-0.39, 0.29) is 6.79 Å². The van der Waals surface area contributed by atoms with Crippen molar-refractivity contribution in [2.24, 2.45) is 0 Å². The average molecular weight is 310 g/mol. The first kappa shape index (κ1) is 13.6. The Labute approximate surface area is 109 Å². The molecule has 0 spiro atoms. The molecule has 90 valence electrons. The van der Waals surface area contributed by atoms with Gasteiger partial charge < -0.3 is 14.2 Å². The normalized spacial score (nSPS) is 10.2. The fourth-order valence-corrected chi connectivity index (χ4v) is 1.98. The highest BCUT2D eigenvalue weighted by Crippen LogP contribution is 2.37. The van der Waals surface area contributed by atoms with Gasteiger partial charge in [-0.15, -0.1) is 11.6 Å². The number of hydrogen-bond acceptors (Lipinski definition) is 3. The molecular formula is C11H14BrClO3. The Bertz CT molecular complexity index is 344. The van der Waals surface area contributed by atoms with Crippen LogP contribution in [0, 0.1) is 0 Å². The molecule has 0 saturated heterocycles. The molecule has 0 aliphatic carbocycles. The van der Waals surface area contributed by atoms with Gasteiger partial charge in [-0.3, -0.25) is 0 Å². The Hall–Kier alpha value is -0.450. The van der Waals surface area contributed by atoms with Crippen LogP contribution < -0.4 is 9.47 Å². The lowest BCUT2D eigenvalue weighted by Gasteiger charge is -2.14. The molecule has 0 aromatic heterocycles. The molecule has 0 aliphatic rings. The zero-order valence-electron chi connectivity index (χ0n) is 9.26. The molecule has 1 aromatic carbocycles. The van der Waals surface area contributed by atoms with Crippen LogP contribution >= 0.6 is 27.5 Å². The standard InChI is InChI=1S/C11H14BrClO3/c1-3-15-10-5-8(6-13)4-9(12)11(10)16-7-14-2/h4-5H,3,6-7H2,1-2H3. The van der Waals surface area contributed by atoms with Crippen LogP contribution in [0.1, 0.15) is 12.5 Å². The maximum Gasteiger partial charge on any atom is 0.188 e. The topological polar surface area (TPSA) is 27.7 Å². The molecule has 3 nitrogen and oxygen atoms in total. The highest BCUT2D eigenvalue weighted by atomic mass is 79.9. The van der Waals surface area contributed by atoms with Crippen LogP contribution in [0.25, 0.3) is 0 Å². The van der Waals surface area contributed by atoms with Crippen molar-refractivity contribution < 1.29 is 14.2 Å². The number of halogens is 2. The van der Waals surface area contributed by atoms with Crippen molar-refractivity contribution >= 4 is 27.5 Å².